The largest absolute Gasteiger partial charge is 0.395 e. The van der Waals surface area contributed by atoms with Crippen molar-refractivity contribution in [2.75, 3.05) is 26.7 Å². The molecule has 1 aliphatic rings. The Kier molecular flexibility index (Phi) is 4.50. The molecule has 1 aliphatic heterocycles. The molecule has 0 saturated carbocycles. The molecule has 92 valence electrons. The summed E-state index contributed by atoms with van der Waals surface area (Å²) in [6.07, 6.45) is 7.72. The maximum Gasteiger partial charge on any atom is 0.121 e. The highest BCUT2D eigenvalue weighted by Gasteiger charge is 2.17. The number of rotatable bonds is 4. The third-order valence-corrected chi connectivity index (χ3v) is 2.99. The molecule has 0 N–H and O–H groups in total. The van der Waals surface area contributed by atoms with Crippen LogP contribution in [-0.2, 0) is 4.84 Å². The van der Waals surface area contributed by atoms with Crippen molar-refractivity contribution in [1.82, 2.24) is 9.88 Å². The van der Waals surface area contributed by atoms with Gasteiger partial charge in [0.05, 0.1) is 6.21 Å². The van der Waals surface area contributed by atoms with Gasteiger partial charge in [-0.25, -0.2) is 0 Å². The molecule has 1 unspecified atom stereocenters. The Morgan fingerprint density at radius 3 is 3.35 bits per heavy atom. The first-order valence-corrected chi connectivity index (χ1v) is 6.08. The van der Waals surface area contributed by atoms with Gasteiger partial charge in [-0.15, -0.1) is 0 Å². The molecule has 0 aliphatic carbocycles. The Hall–Kier alpha value is -1.42. The fraction of sp³-hybridized carbons (Fsp3) is 0.538. The molecule has 1 saturated heterocycles. The van der Waals surface area contributed by atoms with Crippen LogP contribution >= 0.6 is 0 Å². The second-order valence-corrected chi connectivity index (χ2v) is 4.59. The lowest BCUT2D eigenvalue weighted by molar-refractivity contribution is 0.0731. The van der Waals surface area contributed by atoms with Gasteiger partial charge in [0.25, 0.3) is 0 Å². The van der Waals surface area contributed by atoms with E-state index in [2.05, 4.69) is 22.1 Å². The van der Waals surface area contributed by atoms with Crippen LogP contribution in [0.4, 0.5) is 0 Å². The van der Waals surface area contributed by atoms with Gasteiger partial charge < -0.3 is 9.74 Å². The summed E-state index contributed by atoms with van der Waals surface area (Å²) in [7, 11) is 2.16. The zero-order valence-corrected chi connectivity index (χ0v) is 10.2. The van der Waals surface area contributed by atoms with Crippen molar-refractivity contribution in [1.29, 1.82) is 0 Å². The minimum Gasteiger partial charge on any atom is -0.395 e. The number of pyridine rings is 1. The highest BCUT2D eigenvalue weighted by molar-refractivity contribution is 5.78. The smallest absolute Gasteiger partial charge is 0.121 e. The molecular weight excluding hydrogens is 214 g/mol. The lowest BCUT2D eigenvalue weighted by Crippen LogP contribution is -2.33. The summed E-state index contributed by atoms with van der Waals surface area (Å²) in [6, 6.07) is 3.84. The third-order valence-electron chi connectivity index (χ3n) is 2.99. The molecule has 1 atom stereocenters. The maximum atomic E-state index is 5.34. The first-order chi connectivity index (χ1) is 8.34. The van der Waals surface area contributed by atoms with E-state index < -0.39 is 0 Å². The van der Waals surface area contributed by atoms with E-state index in [0.717, 1.165) is 12.1 Å². The van der Waals surface area contributed by atoms with E-state index in [4.69, 9.17) is 4.84 Å². The van der Waals surface area contributed by atoms with E-state index in [-0.39, 0.29) is 0 Å². The average Bonchev–Trinajstić information content (AvgIpc) is 2.36. The predicted molar refractivity (Wildman–Crippen MR) is 68.0 cm³/mol. The summed E-state index contributed by atoms with van der Waals surface area (Å²) in [4.78, 5) is 11.7. The average molecular weight is 233 g/mol. The molecule has 0 spiro atoms. The Bertz CT molecular complexity index is 353. The molecule has 0 bridgehead atoms. The van der Waals surface area contributed by atoms with Crippen molar-refractivity contribution in [3.8, 4) is 0 Å². The second kappa shape index (κ2) is 6.35. The highest BCUT2D eigenvalue weighted by atomic mass is 16.6. The second-order valence-electron chi connectivity index (χ2n) is 4.59. The normalized spacial score (nSPS) is 21.8. The summed E-state index contributed by atoms with van der Waals surface area (Å²) in [5.41, 5.74) is 0.966. The Morgan fingerprint density at radius 1 is 1.65 bits per heavy atom. The van der Waals surface area contributed by atoms with E-state index >= 15 is 0 Å². The number of aromatic nitrogens is 1. The molecule has 4 nitrogen and oxygen atoms in total. The quantitative estimate of drug-likeness (QED) is 0.587. The van der Waals surface area contributed by atoms with Gasteiger partial charge in [-0.05, 0) is 32.5 Å². The van der Waals surface area contributed by atoms with Gasteiger partial charge >= 0.3 is 0 Å². The lowest BCUT2D eigenvalue weighted by Gasteiger charge is -2.28. The third kappa shape index (κ3) is 4.15. The SMILES string of the molecule is CN1CCCC(CO/N=C/c2cccnc2)C1. The molecule has 2 rings (SSSR count). The molecule has 1 aromatic rings. The molecule has 0 radical (unpaired) electrons. The van der Waals surface area contributed by atoms with Crippen molar-refractivity contribution in [3.63, 3.8) is 0 Å². The molecule has 17 heavy (non-hydrogen) atoms. The summed E-state index contributed by atoms with van der Waals surface area (Å²) < 4.78 is 0. The number of hydrogen-bond donors (Lipinski definition) is 0. The first kappa shape index (κ1) is 12.0. The van der Waals surface area contributed by atoms with E-state index in [1.807, 2.05) is 12.1 Å². The van der Waals surface area contributed by atoms with E-state index in [1.165, 1.54) is 19.4 Å². The van der Waals surface area contributed by atoms with Crippen LogP contribution in [0.5, 0.6) is 0 Å². The summed E-state index contributed by atoms with van der Waals surface area (Å²) in [5, 5.41) is 3.98. The van der Waals surface area contributed by atoms with Crippen molar-refractivity contribution in [2.45, 2.75) is 12.8 Å². The highest BCUT2D eigenvalue weighted by Crippen LogP contribution is 2.15. The Balaban J connectivity index is 1.70. The fourth-order valence-electron chi connectivity index (χ4n) is 2.11. The van der Waals surface area contributed by atoms with Gasteiger partial charge in [-0.3, -0.25) is 4.98 Å². The van der Waals surface area contributed by atoms with Crippen molar-refractivity contribution in [3.05, 3.63) is 30.1 Å². The van der Waals surface area contributed by atoms with Crippen LogP contribution in [0.25, 0.3) is 0 Å². The van der Waals surface area contributed by atoms with Crippen LogP contribution in [-0.4, -0.2) is 42.8 Å². The van der Waals surface area contributed by atoms with Crippen molar-refractivity contribution >= 4 is 6.21 Å². The molecular formula is C13H19N3O. The number of hydrogen-bond acceptors (Lipinski definition) is 4. The molecule has 2 heterocycles. The van der Waals surface area contributed by atoms with Crippen molar-refractivity contribution in [2.24, 2.45) is 11.1 Å². The van der Waals surface area contributed by atoms with Crippen LogP contribution < -0.4 is 0 Å². The van der Waals surface area contributed by atoms with Gasteiger partial charge in [0.1, 0.15) is 6.61 Å². The molecule has 4 heteroatoms. The summed E-state index contributed by atoms with van der Waals surface area (Å²) >= 11 is 0. The summed E-state index contributed by atoms with van der Waals surface area (Å²) in [5.74, 6) is 0.611. The Morgan fingerprint density at radius 2 is 2.59 bits per heavy atom. The van der Waals surface area contributed by atoms with E-state index in [1.54, 1.807) is 18.6 Å². The zero-order chi connectivity index (χ0) is 11.9. The van der Waals surface area contributed by atoms with Crippen LogP contribution in [0.2, 0.25) is 0 Å². The zero-order valence-electron chi connectivity index (χ0n) is 10.2. The number of nitrogens with zero attached hydrogens (tertiary/aromatic N) is 3. The first-order valence-electron chi connectivity index (χ1n) is 6.08. The van der Waals surface area contributed by atoms with Gasteiger partial charge in [-0.1, -0.05) is 11.2 Å². The topological polar surface area (TPSA) is 37.7 Å². The van der Waals surface area contributed by atoms with E-state index in [9.17, 15) is 0 Å². The van der Waals surface area contributed by atoms with Crippen LogP contribution in [0.15, 0.2) is 29.7 Å². The van der Waals surface area contributed by atoms with Gasteiger partial charge in [0.2, 0.25) is 0 Å². The summed E-state index contributed by atoms with van der Waals surface area (Å²) in [6.45, 7) is 3.03. The lowest BCUT2D eigenvalue weighted by atomic mass is 10.00. The number of likely N-dealkylation sites (tertiary alicyclic amines) is 1. The van der Waals surface area contributed by atoms with Crippen LogP contribution in [0.3, 0.4) is 0 Å². The fourth-order valence-corrected chi connectivity index (χ4v) is 2.11. The molecule has 1 fully saturated rings. The predicted octanol–water partition coefficient (Wildman–Crippen LogP) is 1.77. The van der Waals surface area contributed by atoms with Gasteiger partial charge in [0.15, 0.2) is 0 Å². The number of piperidine rings is 1. The standard InChI is InChI=1S/C13H19N3O/c1-16-7-3-5-13(10-16)11-17-15-9-12-4-2-6-14-8-12/h2,4,6,8-9,13H,3,5,7,10-11H2,1H3/b15-9+. The Labute approximate surface area is 102 Å². The van der Waals surface area contributed by atoms with Gasteiger partial charge in [0, 0.05) is 30.4 Å². The number of oxime groups is 1. The molecule has 0 amide bonds. The van der Waals surface area contributed by atoms with Gasteiger partial charge in [-0.2, -0.15) is 0 Å². The van der Waals surface area contributed by atoms with E-state index in [0.29, 0.717) is 12.5 Å². The monoisotopic (exact) mass is 233 g/mol. The molecule has 0 aromatic carbocycles. The molecule has 1 aromatic heterocycles. The van der Waals surface area contributed by atoms with Crippen LogP contribution in [0.1, 0.15) is 18.4 Å². The van der Waals surface area contributed by atoms with Crippen LogP contribution in [0, 0.1) is 5.92 Å². The minimum absolute atomic E-state index is 0.611. The maximum absolute atomic E-state index is 5.34. The minimum atomic E-state index is 0.611. The van der Waals surface area contributed by atoms with Crippen molar-refractivity contribution < 1.29 is 4.84 Å².